The third-order valence-corrected chi connectivity index (χ3v) is 3.76. The minimum atomic E-state index is -0.516. The molecular formula is C20H22N2O4. The molecule has 0 aromatic heterocycles. The van der Waals surface area contributed by atoms with Crippen molar-refractivity contribution >= 4 is 23.5 Å². The number of carbonyl (C=O) groups is 3. The lowest BCUT2D eigenvalue weighted by atomic mass is 10.1. The first-order valence-electron chi connectivity index (χ1n) is 8.37. The van der Waals surface area contributed by atoms with Crippen LogP contribution in [0.4, 0.5) is 5.69 Å². The molecule has 0 fully saturated rings. The Labute approximate surface area is 152 Å². The van der Waals surface area contributed by atoms with E-state index in [2.05, 4.69) is 15.4 Å². The van der Waals surface area contributed by atoms with E-state index in [-0.39, 0.29) is 18.4 Å². The molecule has 2 amide bonds. The van der Waals surface area contributed by atoms with Gasteiger partial charge in [0.05, 0.1) is 7.11 Å². The Bertz CT molecular complexity index is 742. The Kier molecular flexibility index (Phi) is 7.36. The quantitative estimate of drug-likeness (QED) is 0.714. The maximum Gasteiger partial charge on any atom is 0.325 e. The molecule has 2 aromatic carbocycles. The van der Waals surface area contributed by atoms with E-state index in [1.165, 1.54) is 12.7 Å². The third kappa shape index (κ3) is 6.39. The van der Waals surface area contributed by atoms with Gasteiger partial charge in [-0.05, 0) is 42.7 Å². The fourth-order valence-corrected chi connectivity index (χ4v) is 2.35. The van der Waals surface area contributed by atoms with Crippen molar-refractivity contribution in [2.75, 3.05) is 19.0 Å². The largest absolute Gasteiger partial charge is 0.468 e. The van der Waals surface area contributed by atoms with E-state index in [0.717, 1.165) is 12.8 Å². The number of aryl methyl sites for hydroxylation is 1. The van der Waals surface area contributed by atoms with Crippen LogP contribution >= 0.6 is 0 Å². The summed E-state index contributed by atoms with van der Waals surface area (Å²) in [5.74, 6) is -0.960. The number of rotatable bonds is 8. The fourth-order valence-electron chi connectivity index (χ4n) is 2.35. The summed E-state index contributed by atoms with van der Waals surface area (Å²) in [4.78, 5) is 34.9. The fraction of sp³-hybridized carbons (Fsp3) is 0.250. The zero-order chi connectivity index (χ0) is 18.8. The monoisotopic (exact) mass is 354 g/mol. The van der Waals surface area contributed by atoms with Crippen molar-refractivity contribution in [2.45, 2.75) is 19.3 Å². The minimum absolute atomic E-state index is 0.0659. The average molecular weight is 354 g/mol. The molecule has 2 N–H and O–H groups in total. The summed E-state index contributed by atoms with van der Waals surface area (Å²) in [5.41, 5.74) is 2.23. The molecule has 0 aliphatic carbocycles. The van der Waals surface area contributed by atoms with Gasteiger partial charge in [0, 0.05) is 17.7 Å². The number of amides is 2. The average Bonchev–Trinajstić information content (AvgIpc) is 2.67. The van der Waals surface area contributed by atoms with Crippen LogP contribution in [0, 0.1) is 0 Å². The number of benzene rings is 2. The van der Waals surface area contributed by atoms with Crippen molar-refractivity contribution in [1.82, 2.24) is 5.32 Å². The first-order valence-corrected chi connectivity index (χ1v) is 8.37. The first-order chi connectivity index (χ1) is 12.6. The molecule has 0 atom stereocenters. The van der Waals surface area contributed by atoms with Crippen LogP contribution in [-0.4, -0.2) is 31.4 Å². The summed E-state index contributed by atoms with van der Waals surface area (Å²) in [6.45, 7) is -0.185. The van der Waals surface area contributed by atoms with E-state index in [0.29, 0.717) is 17.7 Å². The molecule has 136 valence electrons. The summed E-state index contributed by atoms with van der Waals surface area (Å²) < 4.78 is 4.46. The summed E-state index contributed by atoms with van der Waals surface area (Å²) in [6, 6.07) is 16.5. The zero-order valence-electron chi connectivity index (χ0n) is 14.7. The Balaban J connectivity index is 1.76. The Morgan fingerprint density at radius 1 is 0.962 bits per heavy atom. The standard InChI is InChI=1S/C20H22N2O4/c1-26-19(24)14-21-20(25)16-10-12-17(13-11-16)22-18(23)9-5-8-15-6-3-2-4-7-15/h2-4,6-7,10-13H,5,8-9,14H2,1H3,(H,21,25)(H,22,23). The van der Waals surface area contributed by atoms with Gasteiger partial charge in [-0.25, -0.2) is 0 Å². The summed E-state index contributed by atoms with van der Waals surface area (Å²) in [5, 5.41) is 5.26. The molecule has 0 aliphatic rings. The summed E-state index contributed by atoms with van der Waals surface area (Å²) >= 11 is 0. The normalized spacial score (nSPS) is 10.0. The Morgan fingerprint density at radius 3 is 2.31 bits per heavy atom. The molecule has 6 heteroatoms. The lowest BCUT2D eigenvalue weighted by Crippen LogP contribution is -2.30. The van der Waals surface area contributed by atoms with Crippen LogP contribution in [0.3, 0.4) is 0 Å². The van der Waals surface area contributed by atoms with Crippen molar-refractivity contribution in [2.24, 2.45) is 0 Å². The van der Waals surface area contributed by atoms with Crippen LogP contribution < -0.4 is 10.6 Å². The molecule has 0 unspecified atom stereocenters. The molecule has 0 saturated carbocycles. The van der Waals surface area contributed by atoms with Gasteiger partial charge in [0.25, 0.3) is 5.91 Å². The number of carbonyl (C=O) groups excluding carboxylic acids is 3. The lowest BCUT2D eigenvalue weighted by Gasteiger charge is -2.07. The van der Waals surface area contributed by atoms with Crippen molar-refractivity contribution < 1.29 is 19.1 Å². The Morgan fingerprint density at radius 2 is 1.65 bits per heavy atom. The van der Waals surface area contributed by atoms with Gasteiger partial charge in [0.2, 0.25) is 5.91 Å². The number of anilines is 1. The number of ether oxygens (including phenoxy) is 1. The van der Waals surface area contributed by atoms with Gasteiger partial charge in [-0.15, -0.1) is 0 Å². The van der Waals surface area contributed by atoms with Crippen LogP contribution in [0.2, 0.25) is 0 Å². The summed E-state index contributed by atoms with van der Waals surface area (Å²) in [7, 11) is 1.26. The second-order valence-electron chi connectivity index (χ2n) is 5.72. The maximum atomic E-state index is 12.0. The summed E-state index contributed by atoms with van der Waals surface area (Å²) in [6.07, 6.45) is 2.05. The number of methoxy groups -OCH3 is 1. The number of hydrogen-bond acceptors (Lipinski definition) is 4. The van der Waals surface area contributed by atoms with Gasteiger partial charge in [-0.2, -0.15) is 0 Å². The van der Waals surface area contributed by atoms with Crippen LogP contribution in [0.5, 0.6) is 0 Å². The van der Waals surface area contributed by atoms with Crippen molar-refractivity contribution in [3.63, 3.8) is 0 Å². The number of esters is 1. The second kappa shape index (κ2) is 9.98. The molecule has 0 saturated heterocycles. The molecule has 26 heavy (non-hydrogen) atoms. The van der Waals surface area contributed by atoms with E-state index in [1.54, 1.807) is 24.3 Å². The maximum absolute atomic E-state index is 12.0. The smallest absolute Gasteiger partial charge is 0.325 e. The van der Waals surface area contributed by atoms with Gasteiger partial charge < -0.3 is 15.4 Å². The van der Waals surface area contributed by atoms with Crippen LogP contribution in [0.25, 0.3) is 0 Å². The molecule has 0 heterocycles. The first kappa shape index (κ1) is 19.2. The van der Waals surface area contributed by atoms with Gasteiger partial charge in [-0.3, -0.25) is 14.4 Å². The highest BCUT2D eigenvalue weighted by atomic mass is 16.5. The predicted molar refractivity (Wildman–Crippen MR) is 98.8 cm³/mol. The highest BCUT2D eigenvalue weighted by Gasteiger charge is 2.08. The number of nitrogens with one attached hydrogen (secondary N) is 2. The molecular weight excluding hydrogens is 332 g/mol. The SMILES string of the molecule is COC(=O)CNC(=O)c1ccc(NC(=O)CCCc2ccccc2)cc1. The molecule has 0 spiro atoms. The van der Waals surface area contributed by atoms with Gasteiger partial charge in [-0.1, -0.05) is 30.3 Å². The minimum Gasteiger partial charge on any atom is -0.468 e. The second-order valence-corrected chi connectivity index (χ2v) is 5.72. The highest BCUT2D eigenvalue weighted by Crippen LogP contribution is 2.11. The van der Waals surface area contributed by atoms with Crippen LogP contribution in [0.15, 0.2) is 54.6 Å². The van der Waals surface area contributed by atoms with Gasteiger partial charge in [0.15, 0.2) is 0 Å². The van der Waals surface area contributed by atoms with Gasteiger partial charge in [0.1, 0.15) is 6.54 Å². The predicted octanol–water partition coefficient (Wildman–Crippen LogP) is 2.55. The highest BCUT2D eigenvalue weighted by molar-refractivity contribution is 5.97. The lowest BCUT2D eigenvalue weighted by molar-refractivity contribution is -0.139. The molecule has 2 rings (SSSR count). The van der Waals surface area contributed by atoms with Crippen molar-refractivity contribution in [1.29, 1.82) is 0 Å². The van der Waals surface area contributed by atoms with Crippen LogP contribution in [-0.2, 0) is 20.7 Å². The van der Waals surface area contributed by atoms with E-state index in [1.807, 2.05) is 30.3 Å². The topological polar surface area (TPSA) is 84.5 Å². The van der Waals surface area contributed by atoms with E-state index < -0.39 is 5.97 Å². The molecule has 6 nitrogen and oxygen atoms in total. The van der Waals surface area contributed by atoms with E-state index in [9.17, 15) is 14.4 Å². The third-order valence-electron chi connectivity index (χ3n) is 3.76. The van der Waals surface area contributed by atoms with E-state index >= 15 is 0 Å². The van der Waals surface area contributed by atoms with Crippen molar-refractivity contribution in [3.05, 3.63) is 65.7 Å². The van der Waals surface area contributed by atoms with Gasteiger partial charge >= 0.3 is 5.97 Å². The van der Waals surface area contributed by atoms with Crippen LogP contribution in [0.1, 0.15) is 28.8 Å². The molecule has 0 bridgehead atoms. The van der Waals surface area contributed by atoms with Crippen molar-refractivity contribution in [3.8, 4) is 0 Å². The molecule has 0 aliphatic heterocycles. The number of hydrogen-bond donors (Lipinski definition) is 2. The molecule has 2 aromatic rings. The Hall–Kier alpha value is -3.15. The molecule has 0 radical (unpaired) electrons. The zero-order valence-corrected chi connectivity index (χ0v) is 14.7. The van der Waals surface area contributed by atoms with E-state index in [4.69, 9.17) is 0 Å².